The lowest BCUT2D eigenvalue weighted by atomic mass is 10.2. The molecule has 64 valence electrons. The van der Waals surface area contributed by atoms with E-state index in [9.17, 15) is 4.91 Å². The summed E-state index contributed by atoms with van der Waals surface area (Å²) in [5.74, 6) is 0.581. The second kappa shape index (κ2) is 4.07. The number of methoxy groups -OCH3 is 1. The minimum absolute atomic E-state index is 0.581. The monoisotopic (exact) mass is 185 g/mol. The lowest BCUT2D eigenvalue weighted by molar-refractivity contribution is 0.409. The molecule has 0 aliphatic rings. The Bertz CT molecular complexity index is 278. The third-order valence-electron chi connectivity index (χ3n) is 1.49. The summed E-state index contributed by atoms with van der Waals surface area (Å²) in [6.07, 6.45) is 0. The van der Waals surface area contributed by atoms with Gasteiger partial charge in [-0.2, -0.15) is 0 Å². The summed E-state index contributed by atoms with van der Waals surface area (Å²) >= 11 is 5.62. The maximum Gasteiger partial charge on any atom is 0.194 e. The summed E-state index contributed by atoms with van der Waals surface area (Å²) in [5, 5.41) is 2.70. The molecule has 0 heterocycles. The summed E-state index contributed by atoms with van der Waals surface area (Å²) in [6.45, 7) is 0. The van der Waals surface area contributed by atoms with Gasteiger partial charge >= 0.3 is 0 Å². The van der Waals surface area contributed by atoms with Gasteiger partial charge in [-0.15, -0.1) is 4.91 Å². The summed E-state index contributed by atoms with van der Waals surface area (Å²) in [5.41, 5.74) is -0.280. The zero-order valence-corrected chi connectivity index (χ0v) is 7.28. The highest BCUT2D eigenvalue weighted by atomic mass is 35.5. The van der Waals surface area contributed by atoms with Crippen LogP contribution < -0.4 is 4.74 Å². The Hall–Kier alpha value is -1.09. The molecule has 0 fully saturated rings. The fourth-order valence-corrected chi connectivity index (χ4v) is 1.10. The van der Waals surface area contributed by atoms with Gasteiger partial charge in [0, 0.05) is 5.56 Å². The Morgan fingerprint density at radius 3 is 2.75 bits per heavy atom. The van der Waals surface area contributed by atoms with E-state index >= 15 is 0 Å². The molecule has 1 aromatic carbocycles. The van der Waals surface area contributed by atoms with E-state index in [2.05, 4.69) is 5.18 Å². The van der Waals surface area contributed by atoms with E-state index < -0.39 is 5.50 Å². The molecule has 0 saturated heterocycles. The normalized spacial score (nSPS) is 12.2. The predicted molar refractivity (Wildman–Crippen MR) is 47.4 cm³/mol. The van der Waals surface area contributed by atoms with E-state index in [0.717, 1.165) is 0 Å². The number of halogens is 1. The lowest BCUT2D eigenvalue weighted by Crippen LogP contribution is -1.91. The highest BCUT2D eigenvalue weighted by Gasteiger charge is 2.11. The van der Waals surface area contributed by atoms with Crippen molar-refractivity contribution in [2.24, 2.45) is 5.18 Å². The molecule has 1 rings (SSSR count). The molecule has 0 saturated carbocycles. The van der Waals surface area contributed by atoms with Crippen LogP contribution in [0.1, 0.15) is 11.1 Å². The Balaban J connectivity index is 3.04. The van der Waals surface area contributed by atoms with Crippen LogP contribution in [0.15, 0.2) is 29.4 Å². The molecular formula is C8H8ClNO2. The average molecular weight is 186 g/mol. The molecule has 0 aromatic heterocycles. The minimum Gasteiger partial charge on any atom is -0.496 e. The second-order valence-corrected chi connectivity index (χ2v) is 2.60. The molecular weight excluding hydrogens is 178 g/mol. The maximum absolute atomic E-state index is 10.1. The Morgan fingerprint density at radius 1 is 1.50 bits per heavy atom. The van der Waals surface area contributed by atoms with Gasteiger partial charge in [-0.3, -0.25) is 0 Å². The number of benzene rings is 1. The van der Waals surface area contributed by atoms with Crippen molar-refractivity contribution in [3.05, 3.63) is 34.7 Å². The highest BCUT2D eigenvalue weighted by molar-refractivity contribution is 6.20. The number of alkyl halides is 1. The maximum atomic E-state index is 10.1. The van der Waals surface area contributed by atoms with Crippen molar-refractivity contribution in [1.29, 1.82) is 0 Å². The number of nitroso groups, excluding NO2 is 1. The van der Waals surface area contributed by atoms with E-state index in [4.69, 9.17) is 16.3 Å². The van der Waals surface area contributed by atoms with Crippen LogP contribution in [0.25, 0.3) is 0 Å². The Kier molecular flexibility index (Phi) is 3.05. The van der Waals surface area contributed by atoms with Crippen LogP contribution >= 0.6 is 11.6 Å². The van der Waals surface area contributed by atoms with Gasteiger partial charge in [-0.05, 0) is 11.2 Å². The first kappa shape index (κ1) is 9.00. The molecule has 0 N–H and O–H groups in total. The van der Waals surface area contributed by atoms with Gasteiger partial charge in [0.15, 0.2) is 5.50 Å². The first-order valence-electron chi connectivity index (χ1n) is 3.39. The summed E-state index contributed by atoms with van der Waals surface area (Å²) in [7, 11) is 1.52. The predicted octanol–water partition coefficient (Wildman–Crippen LogP) is 2.70. The zero-order chi connectivity index (χ0) is 8.97. The van der Waals surface area contributed by atoms with Crippen LogP contribution in [0.4, 0.5) is 0 Å². The third kappa shape index (κ3) is 1.74. The molecule has 1 aromatic rings. The first-order valence-corrected chi connectivity index (χ1v) is 3.82. The number of hydrogen-bond donors (Lipinski definition) is 0. The molecule has 1 atom stereocenters. The fraction of sp³-hybridized carbons (Fsp3) is 0.250. The van der Waals surface area contributed by atoms with Crippen LogP contribution in [0.3, 0.4) is 0 Å². The van der Waals surface area contributed by atoms with Crippen molar-refractivity contribution in [2.75, 3.05) is 7.11 Å². The highest BCUT2D eigenvalue weighted by Crippen LogP contribution is 2.29. The smallest absolute Gasteiger partial charge is 0.194 e. The topological polar surface area (TPSA) is 38.7 Å². The van der Waals surface area contributed by atoms with Gasteiger partial charge < -0.3 is 4.74 Å². The van der Waals surface area contributed by atoms with Crippen molar-refractivity contribution in [3.8, 4) is 5.75 Å². The molecule has 0 aliphatic carbocycles. The first-order chi connectivity index (χ1) is 5.79. The Morgan fingerprint density at radius 2 is 2.17 bits per heavy atom. The van der Waals surface area contributed by atoms with Gasteiger partial charge in [-0.25, -0.2) is 0 Å². The minimum atomic E-state index is -0.874. The SMILES string of the molecule is COc1ccccc1C(Cl)N=O. The van der Waals surface area contributed by atoms with Crippen molar-refractivity contribution >= 4 is 11.6 Å². The van der Waals surface area contributed by atoms with E-state index in [-0.39, 0.29) is 0 Å². The van der Waals surface area contributed by atoms with Gasteiger partial charge in [0.25, 0.3) is 0 Å². The van der Waals surface area contributed by atoms with Crippen molar-refractivity contribution < 1.29 is 4.74 Å². The van der Waals surface area contributed by atoms with Gasteiger partial charge in [0.1, 0.15) is 5.75 Å². The van der Waals surface area contributed by atoms with E-state index in [1.54, 1.807) is 24.3 Å². The standard InChI is InChI=1S/C8H8ClNO2/c1-12-7-5-3-2-4-6(7)8(9)10-11/h2-5,8H,1H3. The van der Waals surface area contributed by atoms with Crippen molar-refractivity contribution in [1.82, 2.24) is 0 Å². The summed E-state index contributed by atoms with van der Waals surface area (Å²) < 4.78 is 4.98. The number of hydrogen-bond acceptors (Lipinski definition) is 3. The average Bonchev–Trinajstić information content (AvgIpc) is 2.16. The molecule has 0 spiro atoms. The van der Waals surface area contributed by atoms with Crippen LogP contribution in [-0.4, -0.2) is 7.11 Å². The third-order valence-corrected chi connectivity index (χ3v) is 1.80. The van der Waals surface area contributed by atoms with Crippen LogP contribution in [-0.2, 0) is 0 Å². The largest absolute Gasteiger partial charge is 0.496 e. The lowest BCUT2D eigenvalue weighted by Gasteiger charge is -2.06. The van der Waals surface area contributed by atoms with E-state index in [0.29, 0.717) is 11.3 Å². The molecule has 1 unspecified atom stereocenters. The number of para-hydroxylation sites is 1. The van der Waals surface area contributed by atoms with Crippen LogP contribution in [0, 0.1) is 4.91 Å². The van der Waals surface area contributed by atoms with E-state index in [1.165, 1.54) is 7.11 Å². The Labute approximate surface area is 75.3 Å². The van der Waals surface area contributed by atoms with Gasteiger partial charge in [-0.1, -0.05) is 29.8 Å². The van der Waals surface area contributed by atoms with E-state index in [1.807, 2.05) is 0 Å². The number of rotatable bonds is 3. The second-order valence-electron chi connectivity index (χ2n) is 2.18. The number of ether oxygens (including phenoxy) is 1. The molecule has 0 radical (unpaired) electrons. The van der Waals surface area contributed by atoms with Crippen LogP contribution in [0.2, 0.25) is 0 Å². The molecule has 12 heavy (non-hydrogen) atoms. The van der Waals surface area contributed by atoms with Crippen molar-refractivity contribution in [2.45, 2.75) is 5.50 Å². The zero-order valence-electron chi connectivity index (χ0n) is 6.53. The fourth-order valence-electron chi connectivity index (χ4n) is 0.920. The molecule has 0 bridgehead atoms. The molecule has 4 heteroatoms. The van der Waals surface area contributed by atoms with Crippen LogP contribution in [0.5, 0.6) is 5.75 Å². The molecule has 0 amide bonds. The van der Waals surface area contributed by atoms with Gasteiger partial charge in [0.2, 0.25) is 0 Å². The molecule has 3 nitrogen and oxygen atoms in total. The quantitative estimate of drug-likeness (QED) is 0.413. The summed E-state index contributed by atoms with van der Waals surface area (Å²) in [4.78, 5) is 10.1. The number of nitrogens with zero attached hydrogens (tertiary/aromatic N) is 1. The summed E-state index contributed by atoms with van der Waals surface area (Å²) in [6, 6.07) is 7.02. The molecule has 0 aliphatic heterocycles. The van der Waals surface area contributed by atoms with Gasteiger partial charge in [0.05, 0.1) is 7.11 Å². The van der Waals surface area contributed by atoms with Crippen molar-refractivity contribution in [3.63, 3.8) is 0 Å².